The number of aromatic nitrogens is 1. The molecule has 0 saturated carbocycles. The lowest BCUT2D eigenvalue weighted by atomic mass is 10.2. The Morgan fingerprint density at radius 2 is 2.33 bits per heavy atom. The lowest BCUT2D eigenvalue weighted by molar-refractivity contribution is 0.0692. The van der Waals surface area contributed by atoms with Crippen LogP contribution in [0.2, 0.25) is 0 Å². The van der Waals surface area contributed by atoms with Gasteiger partial charge in [0, 0.05) is 22.8 Å². The maximum absolute atomic E-state index is 11.0. The highest BCUT2D eigenvalue weighted by Crippen LogP contribution is 2.23. The molecule has 0 amide bonds. The Balaban J connectivity index is 2.17. The number of benzene rings is 1. The summed E-state index contributed by atoms with van der Waals surface area (Å²) in [5, 5.41) is 11.7. The van der Waals surface area contributed by atoms with E-state index in [4.69, 9.17) is 15.6 Å². The van der Waals surface area contributed by atoms with Crippen LogP contribution in [0.1, 0.15) is 21.1 Å². The molecule has 18 heavy (non-hydrogen) atoms. The maximum atomic E-state index is 11.0. The molecule has 6 heteroatoms. The quantitative estimate of drug-likeness (QED) is 0.828. The highest BCUT2D eigenvalue weighted by atomic mass is 32.1. The van der Waals surface area contributed by atoms with Crippen LogP contribution in [0.15, 0.2) is 23.6 Å². The molecule has 0 atom stereocenters. The number of ether oxygens (including phenoxy) is 1. The molecule has 1 aromatic carbocycles. The van der Waals surface area contributed by atoms with Gasteiger partial charge >= 0.3 is 5.97 Å². The van der Waals surface area contributed by atoms with Crippen LogP contribution in [0.3, 0.4) is 0 Å². The summed E-state index contributed by atoms with van der Waals surface area (Å²) in [5.41, 5.74) is 7.09. The fourth-order valence-electron chi connectivity index (χ4n) is 1.44. The molecule has 3 N–H and O–H groups in total. The Morgan fingerprint density at radius 1 is 1.56 bits per heavy atom. The molecule has 2 rings (SSSR count). The van der Waals surface area contributed by atoms with Crippen LogP contribution in [0.4, 0.5) is 5.69 Å². The Bertz CT molecular complexity index is 580. The number of aromatic carboxylic acids is 1. The molecule has 5 nitrogen and oxygen atoms in total. The summed E-state index contributed by atoms with van der Waals surface area (Å²) in [4.78, 5) is 15.3. The zero-order valence-electron chi connectivity index (χ0n) is 9.71. The number of nitrogen functional groups attached to an aromatic ring is 1. The van der Waals surface area contributed by atoms with Gasteiger partial charge in [0.05, 0.1) is 0 Å². The van der Waals surface area contributed by atoms with E-state index in [1.165, 1.54) is 29.5 Å². The molecule has 0 aliphatic carbocycles. The summed E-state index contributed by atoms with van der Waals surface area (Å²) in [6, 6.07) is 4.47. The van der Waals surface area contributed by atoms with Gasteiger partial charge in [-0.25, -0.2) is 9.78 Å². The molecule has 0 spiro atoms. The largest absolute Gasteiger partial charge is 0.485 e. The van der Waals surface area contributed by atoms with Crippen molar-refractivity contribution in [2.75, 3.05) is 5.73 Å². The second-order valence-electron chi connectivity index (χ2n) is 3.73. The first-order valence-corrected chi connectivity index (χ1v) is 6.11. The molecule has 1 aromatic heterocycles. The van der Waals surface area contributed by atoms with Crippen molar-refractivity contribution in [1.82, 2.24) is 4.98 Å². The van der Waals surface area contributed by atoms with Crippen LogP contribution in [0, 0.1) is 6.92 Å². The Kier molecular flexibility index (Phi) is 3.47. The third kappa shape index (κ3) is 2.78. The first-order valence-electron chi connectivity index (χ1n) is 5.23. The summed E-state index contributed by atoms with van der Waals surface area (Å²) in [5.74, 6) is -0.782. The van der Waals surface area contributed by atoms with E-state index in [0.717, 1.165) is 10.7 Å². The smallest absolute Gasteiger partial charge is 0.339 e. The van der Waals surface area contributed by atoms with Crippen molar-refractivity contribution in [3.05, 3.63) is 39.8 Å². The summed E-state index contributed by atoms with van der Waals surface area (Å²) < 4.78 is 5.47. The Labute approximate surface area is 108 Å². The molecular weight excluding hydrogens is 252 g/mol. The van der Waals surface area contributed by atoms with Gasteiger partial charge in [0.15, 0.2) is 0 Å². The van der Waals surface area contributed by atoms with Crippen molar-refractivity contribution in [3.63, 3.8) is 0 Å². The van der Waals surface area contributed by atoms with Gasteiger partial charge in [-0.3, -0.25) is 0 Å². The third-order valence-corrected chi connectivity index (χ3v) is 3.19. The summed E-state index contributed by atoms with van der Waals surface area (Å²) >= 11 is 1.47. The number of carboxylic acids is 1. The molecule has 0 saturated heterocycles. The van der Waals surface area contributed by atoms with Crippen molar-refractivity contribution in [2.45, 2.75) is 13.5 Å². The summed E-state index contributed by atoms with van der Waals surface area (Å²) in [6.07, 6.45) is 0. The summed E-state index contributed by atoms with van der Waals surface area (Å²) in [6.45, 7) is 2.13. The molecular formula is C12H12N2O3S. The summed E-state index contributed by atoms with van der Waals surface area (Å²) in [7, 11) is 0. The number of rotatable bonds is 4. The van der Waals surface area contributed by atoms with E-state index in [2.05, 4.69) is 4.98 Å². The number of carbonyl (C=O) groups is 1. The predicted molar refractivity (Wildman–Crippen MR) is 69.0 cm³/mol. The highest BCUT2D eigenvalue weighted by Gasteiger charge is 2.12. The molecule has 94 valence electrons. The van der Waals surface area contributed by atoms with E-state index < -0.39 is 5.97 Å². The van der Waals surface area contributed by atoms with E-state index >= 15 is 0 Å². The maximum Gasteiger partial charge on any atom is 0.339 e. The minimum absolute atomic E-state index is 0.0949. The van der Waals surface area contributed by atoms with Gasteiger partial charge in [-0.05, 0) is 19.1 Å². The SMILES string of the molecule is Cc1csc(COc2cc(N)ccc2C(=O)O)n1. The lowest BCUT2D eigenvalue weighted by Crippen LogP contribution is -2.04. The van der Waals surface area contributed by atoms with Crippen molar-refractivity contribution in [1.29, 1.82) is 0 Å². The van der Waals surface area contributed by atoms with E-state index in [1.807, 2.05) is 12.3 Å². The molecule has 0 unspecified atom stereocenters. The second-order valence-corrected chi connectivity index (χ2v) is 4.67. The van der Waals surface area contributed by atoms with Gasteiger partial charge in [-0.15, -0.1) is 11.3 Å². The average molecular weight is 264 g/mol. The van der Waals surface area contributed by atoms with Crippen LogP contribution >= 0.6 is 11.3 Å². The number of aryl methyl sites for hydroxylation is 1. The molecule has 0 fully saturated rings. The fourth-order valence-corrected chi connectivity index (χ4v) is 2.13. The zero-order valence-corrected chi connectivity index (χ0v) is 10.5. The first-order chi connectivity index (χ1) is 8.56. The monoisotopic (exact) mass is 264 g/mol. The molecule has 1 heterocycles. The van der Waals surface area contributed by atoms with Crippen molar-refractivity contribution >= 4 is 23.0 Å². The van der Waals surface area contributed by atoms with Crippen LogP contribution in [-0.4, -0.2) is 16.1 Å². The fraction of sp³-hybridized carbons (Fsp3) is 0.167. The van der Waals surface area contributed by atoms with Crippen LogP contribution in [0.25, 0.3) is 0 Å². The lowest BCUT2D eigenvalue weighted by Gasteiger charge is -2.08. The molecule has 2 aromatic rings. The second kappa shape index (κ2) is 5.05. The molecule has 0 bridgehead atoms. The number of nitrogens with two attached hydrogens (primary N) is 1. The highest BCUT2D eigenvalue weighted by molar-refractivity contribution is 7.09. The van der Waals surface area contributed by atoms with Crippen molar-refractivity contribution in [3.8, 4) is 5.75 Å². The van der Waals surface area contributed by atoms with E-state index in [0.29, 0.717) is 5.69 Å². The third-order valence-electron chi connectivity index (χ3n) is 2.25. The normalized spacial score (nSPS) is 10.3. The first kappa shape index (κ1) is 12.4. The van der Waals surface area contributed by atoms with Gasteiger partial charge in [-0.1, -0.05) is 0 Å². The molecule has 0 radical (unpaired) electrons. The topological polar surface area (TPSA) is 85.4 Å². The van der Waals surface area contributed by atoms with Gasteiger partial charge in [0.25, 0.3) is 0 Å². The van der Waals surface area contributed by atoms with Crippen molar-refractivity contribution in [2.24, 2.45) is 0 Å². The molecule has 0 aliphatic rings. The van der Waals surface area contributed by atoms with E-state index in [9.17, 15) is 4.79 Å². The predicted octanol–water partition coefficient (Wildman–Crippen LogP) is 2.31. The van der Waals surface area contributed by atoms with Gasteiger partial charge in [0.2, 0.25) is 0 Å². The number of hydrogen-bond acceptors (Lipinski definition) is 5. The van der Waals surface area contributed by atoms with Gasteiger partial charge in [-0.2, -0.15) is 0 Å². The van der Waals surface area contributed by atoms with Crippen LogP contribution in [-0.2, 0) is 6.61 Å². The minimum atomic E-state index is -1.04. The minimum Gasteiger partial charge on any atom is -0.485 e. The Morgan fingerprint density at radius 3 is 2.94 bits per heavy atom. The average Bonchev–Trinajstić information content (AvgIpc) is 2.72. The van der Waals surface area contributed by atoms with Crippen LogP contribution < -0.4 is 10.5 Å². The number of hydrogen-bond donors (Lipinski definition) is 2. The van der Waals surface area contributed by atoms with Gasteiger partial charge < -0.3 is 15.6 Å². The number of anilines is 1. The Hall–Kier alpha value is -2.08. The standard InChI is InChI=1S/C12H12N2O3S/c1-7-6-18-11(14-7)5-17-10-4-8(13)2-3-9(10)12(15)16/h2-4,6H,5,13H2,1H3,(H,15,16). The number of thiazole rings is 1. The van der Waals surface area contributed by atoms with Crippen molar-refractivity contribution < 1.29 is 14.6 Å². The van der Waals surface area contributed by atoms with Crippen LogP contribution in [0.5, 0.6) is 5.75 Å². The zero-order chi connectivity index (χ0) is 13.1. The molecule has 0 aliphatic heterocycles. The number of nitrogens with zero attached hydrogens (tertiary/aromatic N) is 1. The van der Waals surface area contributed by atoms with E-state index in [-0.39, 0.29) is 17.9 Å². The van der Waals surface area contributed by atoms with Gasteiger partial charge in [0.1, 0.15) is 22.9 Å². The number of carboxylic acid groups (broad SMARTS) is 1. The van der Waals surface area contributed by atoms with E-state index in [1.54, 1.807) is 0 Å².